The van der Waals surface area contributed by atoms with Gasteiger partial charge in [-0.05, 0) is 45.7 Å². The van der Waals surface area contributed by atoms with Crippen molar-refractivity contribution in [2.24, 2.45) is 11.7 Å². The monoisotopic (exact) mass is 253 g/mol. The molecular formula is C14H27N3O. The van der Waals surface area contributed by atoms with Gasteiger partial charge in [0.15, 0.2) is 0 Å². The number of amides is 1. The van der Waals surface area contributed by atoms with E-state index in [1.807, 2.05) is 0 Å². The van der Waals surface area contributed by atoms with Crippen molar-refractivity contribution in [3.05, 3.63) is 0 Å². The van der Waals surface area contributed by atoms with E-state index >= 15 is 0 Å². The van der Waals surface area contributed by atoms with Crippen LogP contribution in [0.2, 0.25) is 0 Å². The summed E-state index contributed by atoms with van der Waals surface area (Å²) < 4.78 is 0. The minimum absolute atomic E-state index is 0.0498. The third-order valence-electron chi connectivity index (χ3n) is 4.28. The molecule has 0 aromatic rings. The van der Waals surface area contributed by atoms with Crippen LogP contribution in [0.4, 0.5) is 0 Å². The molecule has 18 heavy (non-hydrogen) atoms. The van der Waals surface area contributed by atoms with Gasteiger partial charge in [-0.2, -0.15) is 0 Å². The highest BCUT2D eigenvalue weighted by Crippen LogP contribution is 2.24. The largest absolute Gasteiger partial charge is 0.352 e. The Labute approximate surface area is 110 Å². The van der Waals surface area contributed by atoms with E-state index in [0.717, 1.165) is 25.8 Å². The van der Waals surface area contributed by atoms with E-state index in [2.05, 4.69) is 17.1 Å². The van der Waals surface area contributed by atoms with Crippen LogP contribution in [0, 0.1) is 5.92 Å². The molecule has 0 aromatic heterocycles. The molecule has 3 atom stereocenters. The maximum absolute atomic E-state index is 12.1. The predicted octanol–water partition coefficient (Wildman–Crippen LogP) is 1.10. The second-order valence-electron chi connectivity index (χ2n) is 5.97. The second kappa shape index (κ2) is 6.53. The van der Waals surface area contributed by atoms with Crippen LogP contribution in [0.1, 0.15) is 45.4 Å². The molecule has 1 saturated carbocycles. The number of likely N-dealkylation sites (tertiary alicyclic amines) is 1. The highest BCUT2D eigenvalue weighted by Gasteiger charge is 2.30. The third-order valence-corrected chi connectivity index (χ3v) is 4.28. The van der Waals surface area contributed by atoms with E-state index in [1.165, 1.54) is 32.4 Å². The Balaban J connectivity index is 1.72. The van der Waals surface area contributed by atoms with Gasteiger partial charge in [0, 0.05) is 18.6 Å². The Bertz CT molecular complexity index is 276. The van der Waals surface area contributed by atoms with Crippen molar-refractivity contribution in [1.82, 2.24) is 10.2 Å². The molecule has 0 radical (unpaired) electrons. The lowest BCUT2D eigenvalue weighted by atomic mass is 10.0. The van der Waals surface area contributed by atoms with Crippen LogP contribution in [-0.2, 0) is 4.79 Å². The SMILES string of the molecule is CC(CN1CCCCC1)NC(=O)C1CCCC1N. The molecule has 0 aromatic carbocycles. The molecule has 4 nitrogen and oxygen atoms in total. The van der Waals surface area contributed by atoms with Crippen LogP contribution in [0.25, 0.3) is 0 Å². The first-order chi connectivity index (χ1) is 8.66. The van der Waals surface area contributed by atoms with Crippen LogP contribution in [0.3, 0.4) is 0 Å². The number of nitrogens with two attached hydrogens (primary N) is 1. The normalized spacial score (nSPS) is 31.2. The summed E-state index contributed by atoms with van der Waals surface area (Å²) in [6, 6.07) is 0.315. The van der Waals surface area contributed by atoms with Gasteiger partial charge < -0.3 is 16.0 Å². The van der Waals surface area contributed by atoms with E-state index in [1.54, 1.807) is 0 Å². The minimum atomic E-state index is 0.0498. The standard InChI is InChI=1S/C14H27N3O/c1-11(10-17-8-3-2-4-9-17)16-14(18)12-6-5-7-13(12)15/h11-13H,2-10,15H2,1H3,(H,16,18). The minimum Gasteiger partial charge on any atom is -0.352 e. The Kier molecular flexibility index (Phi) is 5.01. The molecule has 3 N–H and O–H groups in total. The van der Waals surface area contributed by atoms with Crippen molar-refractivity contribution in [1.29, 1.82) is 0 Å². The van der Waals surface area contributed by atoms with Crippen LogP contribution in [0.5, 0.6) is 0 Å². The lowest BCUT2D eigenvalue weighted by molar-refractivity contribution is -0.125. The van der Waals surface area contributed by atoms with E-state index in [0.29, 0.717) is 0 Å². The molecule has 2 aliphatic rings. The van der Waals surface area contributed by atoms with Crippen molar-refractivity contribution < 1.29 is 4.79 Å². The molecule has 0 spiro atoms. The van der Waals surface area contributed by atoms with Gasteiger partial charge in [-0.25, -0.2) is 0 Å². The number of carbonyl (C=O) groups excluding carboxylic acids is 1. The molecule has 1 heterocycles. The van der Waals surface area contributed by atoms with Gasteiger partial charge >= 0.3 is 0 Å². The summed E-state index contributed by atoms with van der Waals surface area (Å²) in [5.74, 6) is 0.221. The molecule has 0 bridgehead atoms. The Morgan fingerprint density at radius 2 is 2.00 bits per heavy atom. The van der Waals surface area contributed by atoms with Crippen molar-refractivity contribution in [3.8, 4) is 0 Å². The van der Waals surface area contributed by atoms with Gasteiger partial charge in [-0.3, -0.25) is 4.79 Å². The molecule has 1 aliphatic heterocycles. The van der Waals surface area contributed by atoms with Gasteiger partial charge in [0.1, 0.15) is 0 Å². The fourth-order valence-electron chi connectivity index (χ4n) is 3.24. The predicted molar refractivity (Wildman–Crippen MR) is 73.2 cm³/mol. The average Bonchev–Trinajstić information content (AvgIpc) is 2.76. The zero-order valence-corrected chi connectivity index (χ0v) is 11.5. The Morgan fingerprint density at radius 1 is 1.28 bits per heavy atom. The fraction of sp³-hybridized carbons (Fsp3) is 0.929. The molecule has 1 saturated heterocycles. The number of nitrogens with one attached hydrogen (secondary N) is 1. The molecular weight excluding hydrogens is 226 g/mol. The fourth-order valence-corrected chi connectivity index (χ4v) is 3.24. The van der Waals surface area contributed by atoms with Crippen molar-refractivity contribution in [2.45, 2.75) is 57.5 Å². The number of piperidine rings is 1. The highest BCUT2D eigenvalue weighted by molar-refractivity contribution is 5.80. The number of rotatable bonds is 4. The summed E-state index contributed by atoms with van der Waals surface area (Å²) in [7, 11) is 0. The van der Waals surface area contributed by atoms with Gasteiger partial charge in [0.05, 0.1) is 5.92 Å². The summed E-state index contributed by atoms with van der Waals surface area (Å²) in [6.45, 7) is 5.45. The summed E-state index contributed by atoms with van der Waals surface area (Å²) in [5, 5.41) is 3.14. The third kappa shape index (κ3) is 3.69. The molecule has 3 unspecified atom stereocenters. The molecule has 1 amide bonds. The van der Waals surface area contributed by atoms with Crippen molar-refractivity contribution >= 4 is 5.91 Å². The van der Waals surface area contributed by atoms with E-state index in [-0.39, 0.29) is 23.9 Å². The quantitative estimate of drug-likeness (QED) is 0.789. The van der Waals surface area contributed by atoms with Crippen LogP contribution in [0.15, 0.2) is 0 Å². The molecule has 2 fully saturated rings. The van der Waals surface area contributed by atoms with Gasteiger partial charge in [0.25, 0.3) is 0 Å². The lowest BCUT2D eigenvalue weighted by Gasteiger charge is -2.30. The zero-order valence-electron chi connectivity index (χ0n) is 11.5. The molecule has 104 valence electrons. The van der Waals surface area contributed by atoms with E-state index in [4.69, 9.17) is 5.73 Å². The molecule has 1 aliphatic carbocycles. The number of hydrogen-bond donors (Lipinski definition) is 2. The van der Waals surface area contributed by atoms with Gasteiger partial charge in [-0.1, -0.05) is 12.8 Å². The van der Waals surface area contributed by atoms with E-state index < -0.39 is 0 Å². The maximum Gasteiger partial charge on any atom is 0.224 e. The van der Waals surface area contributed by atoms with Crippen LogP contribution < -0.4 is 11.1 Å². The summed E-state index contributed by atoms with van der Waals surface area (Å²) in [6.07, 6.45) is 7.01. The summed E-state index contributed by atoms with van der Waals surface area (Å²) >= 11 is 0. The molecule has 4 heteroatoms. The first-order valence-corrected chi connectivity index (χ1v) is 7.45. The number of nitrogens with zero attached hydrogens (tertiary/aromatic N) is 1. The number of carbonyl (C=O) groups is 1. The smallest absolute Gasteiger partial charge is 0.224 e. The first-order valence-electron chi connectivity index (χ1n) is 7.45. The maximum atomic E-state index is 12.1. The topological polar surface area (TPSA) is 58.4 Å². The van der Waals surface area contributed by atoms with Gasteiger partial charge in [0.2, 0.25) is 5.91 Å². The molecule has 2 rings (SSSR count). The van der Waals surface area contributed by atoms with Crippen LogP contribution in [-0.4, -0.2) is 42.5 Å². The average molecular weight is 253 g/mol. The summed E-state index contributed by atoms with van der Waals surface area (Å²) in [5.41, 5.74) is 5.97. The summed E-state index contributed by atoms with van der Waals surface area (Å²) in [4.78, 5) is 14.6. The van der Waals surface area contributed by atoms with Crippen LogP contribution >= 0.6 is 0 Å². The lowest BCUT2D eigenvalue weighted by Crippen LogP contribution is -2.47. The van der Waals surface area contributed by atoms with Crippen molar-refractivity contribution in [3.63, 3.8) is 0 Å². The second-order valence-corrected chi connectivity index (χ2v) is 5.97. The van der Waals surface area contributed by atoms with E-state index in [9.17, 15) is 4.79 Å². The highest BCUT2D eigenvalue weighted by atomic mass is 16.2. The first kappa shape index (κ1) is 13.8. The Hall–Kier alpha value is -0.610. The zero-order chi connectivity index (χ0) is 13.0. The van der Waals surface area contributed by atoms with Crippen molar-refractivity contribution in [2.75, 3.05) is 19.6 Å². The number of hydrogen-bond acceptors (Lipinski definition) is 3. The Morgan fingerprint density at radius 3 is 2.61 bits per heavy atom. The van der Waals surface area contributed by atoms with Gasteiger partial charge in [-0.15, -0.1) is 0 Å².